The van der Waals surface area contributed by atoms with Crippen molar-refractivity contribution in [2.24, 2.45) is 5.41 Å². The van der Waals surface area contributed by atoms with Crippen LogP contribution in [0.3, 0.4) is 0 Å². The van der Waals surface area contributed by atoms with Crippen molar-refractivity contribution in [3.05, 3.63) is 35.4 Å². The smallest absolute Gasteiger partial charge is 0.0286 e. The number of alkyl halides is 1. The number of nitrogens with one attached hydrogen (secondary N) is 1. The summed E-state index contributed by atoms with van der Waals surface area (Å²) in [4.78, 5) is 0. The fourth-order valence-corrected chi connectivity index (χ4v) is 2.79. The van der Waals surface area contributed by atoms with Crippen LogP contribution < -0.4 is 5.32 Å². The molecular formula is C16H24ClN. The molecule has 0 aliphatic heterocycles. The lowest BCUT2D eigenvalue weighted by molar-refractivity contribution is 0.372. The van der Waals surface area contributed by atoms with Gasteiger partial charge in [0.25, 0.3) is 0 Å². The van der Waals surface area contributed by atoms with Gasteiger partial charge in [0, 0.05) is 19.0 Å². The fraction of sp³-hybridized carbons (Fsp3) is 0.625. The molecule has 2 rings (SSSR count). The minimum atomic E-state index is 0.190. The van der Waals surface area contributed by atoms with Crippen molar-refractivity contribution >= 4 is 11.6 Å². The van der Waals surface area contributed by atoms with Gasteiger partial charge in [-0.05, 0) is 41.7 Å². The molecule has 1 aromatic carbocycles. The molecule has 0 radical (unpaired) electrons. The predicted molar refractivity (Wildman–Crippen MR) is 79.5 cm³/mol. The van der Waals surface area contributed by atoms with Gasteiger partial charge in [0.15, 0.2) is 0 Å². The highest BCUT2D eigenvalue weighted by molar-refractivity contribution is 6.18. The Kier molecular flexibility index (Phi) is 4.69. The quantitative estimate of drug-likeness (QED) is 0.795. The number of fused-ring (bicyclic) bond motifs is 1. The molecule has 0 bridgehead atoms. The van der Waals surface area contributed by atoms with Crippen LogP contribution in [0.4, 0.5) is 0 Å². The molecule has 0 saturated carbocycles. The highest BCUT2D eigenvalue weighted by Crippen LogP contribution is 2.31. The summed E-state index contributed by atoms with van der Waals surface area (Å²) in [6.07, 6.45) is 3.88. The summed E-state index contributed by atoms with van der Waals surface area (Å²) in [6.45, 7) is 6.50. The van der Waals surface area contributed by atoms with E-state index in [9.17, 15) is 0 Å². The molecule has 100 valence electrons. The Morgan fingerprint density at radius 1 is 1.33 bits per heavy atom. The zero-order valence-electron chi connectivity index (χ0n) is 11.5. The van der Waals surface area contributed by atoms with Crippen LogP contribution in [-0.4, -0.2) is 19.0 Å². The van der Waals surface area contributed by atoms with Crippen LogP contribution >= 0.6 is 11.6 Å². The number of hydrogen-bond acceptors (Lipinski definition) is 1. The monoisotopic (exact) mass is 265 g/mol. The Morgan fingerprint density at radius 3 is 2.89 bits per heavy atom. The third-order valence-electron chi connectivity index (χ3n) is 3.85. The van der Waals surface area contributed by atoms with Crippen molar-refractivity contribution in [1.29, 1.82) is 0 Å². The third-order valence-corrected chi connectivity index (χ3v) is 4.57. The van der Waals surface area contributed by atoms with Gasteiger partial charge in [-0.15, -0.1) is 11.6 Å². The third kappa shape index (κ3) is 3.49. The number of halogens is 1. The van der Waals surface area contributed by atoms with Gasteiger partial charge in [0.05, 0.1) is 0 Å². The van der Waals surface area contributed by atoms with Gasteiger partial charge in [-0.3, -0.25) is 0 Å². The molecule has 1 N–H and O–H groups in total. The molecule has 1 unspecified atom stereocenters. The molecule has 0 amide bonds. The Hall–Kier alpha value is -0.530. The van der Waals surface area contributed by atoms with Crippen LogP contribution in [0.5, 0.6) is 0 Å². The summed E-state index contributed by atoms with van der Waals surface area (Å²) in [6, 6.07) is 8.91. The minimum absolute atomic E-state index is 0.190. The molecule has 0 spiro atoms. The molecular weight excluding hydrogens is 242 g/mol. The molecule has 1 atom stereocenters. The number of aryl methyl sites for hydroxylation is 1. The molecule has 0 aromatic heterocycles. The van der Waals surface area contributed by atoms with E-state index in [0.29, 0.717) is 11.8 Å². The molecule has 0 heterocycles. The summed E-state index contributed by atoms with van der Waals surface area (Å²) in [5.41, 5.74) is 3.29. The first-order valence-corrected chi connectivity index (χ1v) is 7.50. The minimum Gasteiger partial charge on any atom is -0.316 e. The summed E-state index contributed by atoms with van der Waals surface area (Å²) in [5, 5.41) is 3.60. The summed E-state index contributed by atoms with van der Waals surface area (Å²) in [7, 11) is 0. The predicted octanol–water partition coefficient (Wildman–Crippen LogP) is 3.96. The highest BCUT2D eigenvalue weighted by atomic mass is 35.5. The Balaban J connectivity index is 1.92. The average Bonchev–Trinajstić information content (AvgIpc) is 2.39. The molecule has 0 fully saturated rings. The lowest BCUT2D eigenvalue weighted by atomic mass is 9.82. The van der Waals surface area contributed by atoms with Crippen LogP contribution in [0.1, 0.15) is 43.7 Å². The van der Waals surface area contributed by atoms with Crippen molar-refractivity contribution in [2.45, 2.75) is 39.0 Å². The van der Waals surface area contributed by atoms with E-state index in [-0.39, 0.29) is 5.41 Å². The normalized spacial score (nSPS) is 19.6. The van der Waals surface area contributed by atoms with Crippen molar-refractivity contribution in [3.63, 3.8) is 0 Å². The van der Waals surface area contributed by atoms with Gasteiger partial charge in [0.2, 0.25) is 0 Å². The first kappa shape index (κ1) is 13.9. The lowest BCUT2D eigenvalue weighted by Crippen LogP contribution is -2.34. The van der Waals surface area contributed by atoms with Gasteiger partial charge in [0.1, 0.15) is 0 Å². The zero-order chi connectivity index (χ0) is 13.0. The Labute approximate surface area is 116 Å². The summed E-state index contributed by atoms with van der Waals surface area (Å²) >= 11 is 5.96. The van der Waals surface area contributed by atoms with Gasteiger partial charge in [-0.25, -0.2) is 0 Å². The Morgan fingerprint density at radius 2 is 2.11 bits per heavy atom. The van der Waals surface area contributed by atoms with E-state index >= 15 is 0 Å². The first-order valence-electron chi connectivity index (χ1n) is 6.97. The highest BCUT2D eigenvalue weighted by Gasteiger charge is 2.21. The second-order valence-corrected chi connectivity index (χ2v) is 6.48. The van der Waals surface area contributed by atoms with Crippen molar-refractivity contribution in [3.8, 4) is 0 Å². The maximum absolute atomic E-state index is 5.96. The summed E-state index contributed by atoms with van der Waals surface area (Å²) in [5.74, 6) is 1.39. The van der Waals surface area contributed by atoms with E-state index in [1.54, 1.807) is 11.1 Å². The molecule has 0 saturated heterocycles. The van der Waals surface area contributed by atoms with Crippen LogP contribution in [0.2, 0.25) is 0 Å². The molecule has 1 nitrogen and oxygen atoms in total. The summed E-state index contributed by atoms with van der Waals surface area (Å²) < 4.78 is 0. The van der Waals surface area contributed by atoms with E-state index in [1.165, 1.54) is 19.3 Å². The largest absolute Gasteiger partial charge is 0.316 e. The van der Waals surface area contributed by atoms with Crippen LogP contribution in [-0.2, 0) is 6.42 Å². The number of hydrogen-bond donors (Lipinski definition) is 1. The van der Waals surface area contributed by atoms with E-state index in [2.05, 4.69) is 43.4 Å². The van der Waals surface area contributed by atoms with E-state index in [4.69, 9.17) is 11.6 Å². The zero-order valence-corrected chi connectivity index (χ0v) is 12.3. The van der Waals surface area contributed by atoms with Crippen LogP contribution in [0, 0.1) is 5.41 Å². The van der Waals surface area contributed by atoms with Crippen molar-refractivity contribution < 1.29 is 0 Å². The molecule has 1 aliphatic rings. The maximum Gasteiger partial charge on any atom is 0.0286 e. The second-order valence-electron chi connectivity index (χ2n) is 6.22. The van der Waals surface area contributed by atoms with E-state index in [0.717, 1.165) is 13.1 Å². The molecule has 18 heavy (non-hydrogen) atoms. The van der Waals surface area contributed by atoms with Gasteiger partial charge in [-0.1, -0.05) is 38.1 Å². The average molecular weight is 266 g/mol. The van der Waals surface area contributed by atoms with Crippen LogP contribution in [0.15, 0.2) is 24.3 Å². The fourth-order valence-electron chi connectivity index (χ4n) is 2.70. The first-order chi connectivity index (χ1) is 8.62. The Bertz CT molecular complexity index is 386. The van der Waals surface area contributed by atoms with Gasteiger partial charge in [-0.2, -0.15) is 0 Å². The van der Waals surface area contributed by atoms with Gasteiger partial charge >= 0.3 is 0 Å². The molecule has 2 heteroatoms. The van der Waals surface area contributed by atoms with Crippen LogP contribution in [0.25, 0.3) is 0 Å². The number of rotatable bonds is 5. The van der Waals surface area contributed by atoms with Gasteiger partial charge < -0.3 is 5.32 Å². The maximum atomic E-state index is 5.96. The lowest BCUT2D eigenvalue weighted by Gasteiger charge is -2.28. The van der Waals surface area contributed by atoms with Crippen molar-refractivity contribution in [2.75, 3.05) is 19.0 Å². The van der Waals surface area contributed by atoms with Crippen molar-refractivity contribution in [1.82, 2.24) is 5.32 Å². The topological polar surface area (TPSA) is 12.0 Å². The standard InChI is InChI=1S/C16H24ClN/c1-16(2,11-17)12-18-10-14-8-5-7-13-6-3-4-9-15(13)14/h3-4,6,9,14,18H,5,7-8,10-12H2,1-2H3. The molecule has 1 aromatic rings. The molecule has 1 aliphatic carbocycles. The van der Waals surface area contributed by atoms with E-state index < -0.39 is 0 Å². The van der Waals surface area contributed by atoms with E-state index in [1.807, 2.05) is 0 Å². The number of benzene rings is 1. The SMILES string of the molecule is CC(C)(CCl)CNCC1CCCc2ccccc21. The second kappa shape index (κ2) is 6.08.